The van der Waals surface area contributed by atoms with E-state index in [2.05, 4.69) is 17.2 Å². The van der Waals surface area contributed by atoms with Crippen molar-refractivity contribution in [1.82, 2.24) is 14.9 Å². The van der Waals surface area contributed by atoms with Gasteiger partial charge in [-0.2, -0.15) is 0 Å². The molecule has 0 aliphatic heterocycles. The highest BCUT2D eigenvalue weighted by molar-refractivity contribution is 5.36. The maximum atomic E-state index is 13.4. The number of ether oxygens (including phenoxy) is 1. The van der Waals surface area contributed by atoms with Crippen molar-refractivity contribution in [3.05, 3.63) is 47.8 Å². The number of imidazole rings is 1. The van der Waals surface area contributed by atoms with Crippen LogP contribution in [-0.2, 0) is 13.2 Å². The Morgan fingerprint density at radius 2 is 2.25 bits per heavy atom. The van der Waals surface area contributed by atoms with Gasteiger partial charge in [-0.15, -0.1) is 0 Å². The third-order valence-electron chi connectivity index (χ3n) is 3.37. The third kappa shape index (κ3) is 3.17. The highest BCUT2D eigenvalue weighted by Crippen LogP contribution is 2.26. The molecule has 0 spiro atoms. The first-order valence-corrected chi connectivity index (χ1v) is 6.75. The van der Waals surface area contributed by atoms with Gasteiger partial charge < -0.3 is 14.6 Å². The zero-order valence-corrected chi connectivity index (χ0v) is 12.1. The molecule has 1 atom stereocenters. The van der Waals surface area contributed by atoms with Gasteiger partial charge in [-0.1, -0.05) is 0 Å². The summed E-state index contributed by atoms with van der Waals surface area (Å²) in [6, 6.07) is 4.60. The Morgan fingerprint density at radius 1 is 1.45 bits per heavy atom. The highest BCUT2D eigenvalue weighted by atomic mass is 19.1. The Balaban J connectivity index is 2.17. The van der Waals surface area contributed by atoms with E-state index in [0.29, 0.717) is 12.4 Å². The number of aryl methyl sites for hydroxylation is 1. The van der Waals surface area contributed by atoms with Crippen molar-refractivity contribution in [2.75, 3.05) is 7.05 Å². The van der Waals surface area contributed by atoms with Gasteiger partial charge in [0.2, 0.25) is 0 Å². The molecule has 20 heavy (non-hydrogen) atoms. The van der Waals surface area contributed by atoms with Crippen molar-refractivity contribution >= 4 is 0 Å². The van der Waals surface area contributed by atoms with Crippen LogP contribution < -0.4 is 10.1 Å². The fraction of sp³-hybridized carbons (Fsp3) is 0.400. The first kappa shape index (κ1) is 14.5. The number of hydrogen-bond acceptors (Lipinski definition) is 3. The van der Waals surface area contributed by atoms with Crippen molar-refractivity contribution in [2.45, 2.75) is 33.0 Å². The van der Waals surface area contributed by atoms with Crippen molar-refractivity contribution in [2.24, 2.45) is 0 Å². The van der Waals surface area contributed by atoms with E-state index < -0.39 is 0 Å². The van der Waals surface area contributed by atoms with Crippen molar-refractivity contribution < 1.29 is 9.13 Å². The lowest BCUT2D eigenvalue weighted by atomic mass is 10.1. The smallest absolute Gasteiger partial charge is 0.146 e. The lowest BCUT2D eigenvalue weighted by molar-refractivity contribution is 0.284. The fourth-order valence-corrected chi connectivity index (χ4v) is 2.06. The van der Waals surface area contributed by atoms with Crippen LogP contribution in [-0.4, -0.2) is 16.6 Å². The second kappa shape index (κ2) is 6.52. The van der Waals surface area contributed by atoms with E-state index in [0.717, 1.165) is 17.9 Å². The number of rotatable bonds is 6. The van der Waals surface area contributed by atoms with Gasteiger partial charge in [0.25, 0.3) is 0 Å². The molecule has 0 aliphatic carbocycles. The third-order valence-corrected chi connectivity index (χ3v) is 3.37. The molecule has 1 heterocycles. The second-order valence-electron chi connectivity index (χ2n) is 4.61. The SMILES string of the molecule is CCn1ccnc1COc1ccc(F)cc1C(C)NC. The maximum Gasteiger partial charge on any atom is 0.146 e. The number of nitrogens with zero attached hydrogens (tertiary/aromatic N) is 2. The van der Waals surface area contributed by atoms with Crippen molar-refractivity contribution in [3.63, 3.8) is 0 Å². The molecule has 2 rings (SSSR count). The Morgan fingerprint density at radius 3 is 2.95 bits per heavy atom. The summed E-state index contributed by atoms with van der Waals surface area (Å²) in [5.41, 5.74) is 0.808. The molecule has 0 amide bonds. The number of hydrogen-bond donors (Lipinski definition) is 1. The minimum atomic E-state index is -0.260. The van der Waals surface area contributed by atoms with Crippen LogP contribution in [0.2, 0.25) is 0 Å². The van der Waals surface area contributed by atoms with Crippen LogP contribution in [0.25, 0.3) is 0 Å². The van der Waals surface area contributed by atoms with Gasteiger partial charge in [0.15, 0.2) is 0 Å². The van der Waals surface area contributed by atoms with Gasteiger partial charge in [0, 0.05) is 30.5 Å². The maximum absolute atomic E-state index is 13.4. The fourth-order valence-electron chi connectivity index (χ4n) is 2.06. The Labute approximate surface area is 118 Å². The number of halogens is 1. The minimum absolute atomic E-state index is 0.0200. The zero-order valence-electron chi connectivity index (χ0n) is 12.1. The predicted octanol–water partition coefficient (Wildman–Crippen LogP) is 2.90. The second-order valence-corrected chi connectivity index (χ2v) is 4.61. The molecule has 0 saturated heterocycles. The first-order chi connectivity index (χ1) is 9.65. The van der Waals surface area contributed by atoms with Crippen LogP contribution in [0.3, 0.4) is 0 Å². The average molecular weight is 277 g/mol. The van der Waals surface area contributed by atoms with Crippen LogP contribution in [0.4, 0.5) is 4.39 Å². The van der Waals surface area contributed by atoms with Crippen LogP contribution in [0.1, 0.15) is 31.3 Å². The summed E-state index contributed by atoms with van der Waals surface area (Å²) in [5, 5.41) is 3.10. The molecular weight excluding hydrogens is 257 g/mol. The minimum Gasteiger partial charge on any atom is -0.485 e. The summed E-state index contributed by atoms with van der Waals surface area (Å²) in [5.74, 6) is 1.28. The van der Waals surface area contributed by atoms with E-state index >= 15 is 0 Å². The molecule has 1 aromatic heterocycles. The molecule has 4 nitrogen and oxygen atoms in total. The number of nitrogens with one attached hydrogen (secondary N) is 1. The highest BCUT2D eigenvalue weighted by Gasteiger charge is 2.12. The van der Waals surface area contributed by atoms with E-state index in [1.807, 2.05) is 24.7 Å². The molecule has 0 radical (unpaired) electrons. The number of aromatic nitrogens is 2. The summed E-state index contributed by atoms with van der Waals surface area (Å²) < 4.78 is 21.2. The van der Waals surface area contributed by atoms with E-state index in [9.17, 15) is 4.39 Å². The van der Waals surface area contributed by atoms with Crippen LogP contribution in [0.5, 0.6) is 5.75 Å². The lowest BCUT2D eigenvalue weighted by Gasteiger charge is -2.16. The monoisotopic (exact) mass is 277 g/mol. The summed E-state index contributed by atoms with van der Waals surface area (Å²) in [6.07, 6.45) is 3.67. The molecule has 5 heteroatoms. The summed E-state index contributed by atoms with van der Waals surface area (Å²) in [6.45, 7) is 5.24. The molecule has 0 saturated carbocycles. The molecule has 0 fully saturated rings. The summed E-state index contributed by atoms with van der Waals surface area (Å²) in [4.78, 5) is 4.26. The molecule has 108 valence electrons. The normalized spacial score (nSPS) is 12.4. The van der Waals surface area contributed by atoms with Gasteiger partial charge in [0.1, 0.15) is 24.0 Å². The summed E-state index contributed by atoms with van der Waals surface area (Å²) in [7, 11) is 1.84. The average Bonchev–Trinajstić information content (AvgIpc) is 2.92. The molecule has 0 bridgehead atoms. The molecule has 2 aromatic rings. The van der Waals surface area contributed by atoms with Crippen LogP contribution in [0.15, 0.2) is 30.6 Å². The van der Waals surface area contributed by atoms with E-state index in [1.54, 1.807) is 12.3 Å². The molecule has 1 unspecified atom stereocenters. The Hall–Kier alpha value is -1.88. The zero-order chi connectivity index (χ0) is 14.5. The van der Waals surface area contributed by atoms with Crippen LogP contribution >= 0.6 is 0 Å². The van der Waals surface area contributed by atoms with Gasteiger partial charge in [-0.25, -0.2) is 9.37 Å². The predicted molar refractivity (Wildman–Crippen MR) is 76.1 cm³/mol. The molecule has 0 aliphatic rings. The van der Waals surface area contributed by atoms with E-state index in [1.165, 1.54) is 12.1 Å². The molecule has 1 N–H and O–H groups in total. The Kier molecular flexibility index (Phi) is 4.74. The van der Waals surface area contributed by atoms with Crippen molar-refractivity contribution in [1.29, 1.82) is 0 Å². The summed E-state index contributed by atoms with van der Waals surface area (Å²) >= 11 is 0. The van der Waals surface area contributed by atoms with Gasteiger partial charge >= 0.3 is 0 Å². The van der Waals surface area contributed by atoms with E-state index in [-0.39, 0.29) is 11.9 Å². The largest absolute Gasteiger partial charge is 0.485 e. The quantitative estimate of drug-likeness (QED) is 0.882. The van der Waals surface area contributed by atoms with Crippen LogP contribution in [0, 0.1) is 5.82 Å². The topological polar surface area (TPSA) is 39.1 Å². The van der Waals surface area contributed by atoms with Gasteiger partial charge in [-0.05, 0) is 39.1 Å². The number of benzene rings is 1. The van der Waals surface area contributed by atoms with Gasteiger partial charge in [0.05, 0.1) is 0 Å². The van der Waals surface area contributed by atoms with E-state index in [4.69, 9.17) is 4.74 Å². The first-order valence-electron chi connectivity index (χ1n) is 6.75. The lowest BCUT2D eigenvalue weighted by Crippen LogP contribution is -2.14. The van der Waals surface area contributed by atoms with Crippen molar-refractivity contribution in [3.8, 4) is 5.75 Å². The molecule has 1 aromatic carbocycles. The molecular formula is C15H20FN3O. The van der Waals surface area contributed by atoms with Gasteiger partial charge in [-0.3, -0.25) is 0 Å². The standard InChI is InChI=1S/C15H20FN3O/c1-4-19-8-7-18-15(19)10-20-14-6-5-12(16)9-13(14)11(2)17-3/h5-9,11,17H,4,10H2,1-3H3. The Bertz CT molecular complexity index is 568.